The Hall–Kier alpha value is -0.660. The van der Waals surface area contributed by atoms with E-state index in [-0.39, 0.29) is 28.8 Å². The van der Waals surface area contributed by atoms with Gasteiger partial charge >= 0.3 is 0 Å². The van der Waals surface area contributed by atoms with Gasteiger partial charge in [-0.15, -0.1) is 0 Å². The fourth-order valence-electron chi connectivity index (χ4n) is 2.97. The van der Waals surface area contributed by atoms with Crippen molar-refractivity contribution in [3.8, 4) is 0 Å². The molecule has 72 valence electrons. The zero-order chi connectivity index (χ0) is 9.64. The lowest BCUT2D eigenvalue weighted by Gasteiger charge is -2.42. The molecule has 2 heteroatoms. The van der Waals surface area contributed by atoms with Crippen molar-refractivity contribution < 1.29 is 9.59 Å². The Balaban J connectivity index is 2.35. The van der Waals surface area contributed by atoms with E-state index in [1.54, 1.807) is 0 Å². The number of ketones is 2. The molecule has 0 amide bonds. The van der Waals surface area contributed by atoms with Crippen molar-refractivity contribution in [3.63, 3.8) is 0 Å². The number of Topliss-reactive ketones (excluding diaryl/α,β-unsaturated/α-hetero) is 2. The standard InChI is InChI=1S/C11H16O2/c1-7-6-11(2)5-3-4-8(9(7)12)10(11)13/h7-8H,3-6H2,1-2H3/t7?,8-,11+/m1/s1. The van der Waals surface area contributed by atoms with Gasteiger partial charge in [-0.05, 0) is 19.3 Å². The van der Waals surface area contributed by atoms with Gasteiger partial charge in [-0.25, -0.2) is 0 Å². The Morgan fingerprint density at radius 3 is 2.77 bits per heavy atom. The van der Waals surface area contributed by atoms with Crippen molar-refractivity contribution in [3.05, 3.63) is 0 Å². The lowest BCUT2D eigenvalue weighted by Crippen LogP contribution is -2.49. The molecule has 0 aromatic carbocycles. The number of rotatable bonds is 0. The molecule has 0 aromatic heterocycles. The summed E-state index contributed by atoms with van der Waals surface area (Å²) in [7, 11) is 0. The highest BCUT2D eigenvalue weighted by Crippen LogP contribution is 2.46. The molecule has 0 spiro atoms. The molecule has 2 rings (SSSR count). The molecular formula is C11H16O2. The van der Waals surface area contributed by atoms with Crippen LogP contribution < -0.4 is 0 Å². The van der Waals surface area contributed by atoms with Crippen LogP contribution in [0.2, 0.25) is 0 Å². The molecule has 2 aliphatic carbocycles. The number of hydrogen-bond acceptors (Lipinski definition) is 2. The summed E-state index contributed by atoms with van der Waals surface area (Å²) >= 11 is 0. The normalized spacial score (nSPS) is 45.1. The van der Waals surface area contributed by atoms with Gasteiger partial charge in [-0.3, -0.25) is 9.59 Å². The Bertz CT molecular complexity index is 269. The van der Waals surface area contributed by atoms with Crippen LogP contribution in [0.3, 0.4) is 0 Å². The molecule has 0 radical (unpaired) electrons. The SMILES string of the molecule is CC1C[C@]2(C)CCC[C@H](C1=O)C2=O. The van der Waals surface area contributed by atoms with E-state index in [2.05, 4.69) is 0 Å². The van der Waals surface area contributed by atoms with Gasteiger partial charge < -0.3 is 0 Å². The monoisotopic (exact) mass is 180 g/mol. The van der Waals surface area contributed by atoms with E-state index in [0.717, 1.165) is 25.7 Å². The van der Waals surface area contributed by atoms with Crippen molar-refractivity contribution >= 4 is 11.6 Å². The average Bonchev–Trinajstić information content (AvgIpc) is 2.06. The molecule has 0 saturated heterocycles. The van der Waals surface area contributed by atoms with E-state index in [1.165, 1.54) is 0 Å². The van der Waals surface area contributed by atoms with Gasteiger partial charge in [0.25, 0.3) is 0 Å². The molecule has 3 atom stereocenters. The van der Waals surface area contributed by atoms with Crippen molar-refractivity contribution in [2.24, 2.45) is 17.3 Å². The summed E-state index contributed by atoms with van der Waals surface area (Å²) < 4.78 is 0. The Morgan fingerprint density at radius 2 is 2.08 bits per heavy atom. The molecular weight excluding hydrogens is 164 g/mol. The predicted molar refractivity (Wildman–Crippen MR) is 49.2 cm³/mol. The first kappa shape index (κ1) is 8.92. The lowest BCUT2D eigenvalue weighted by atomic mass is 9.59. The van der Waals surface area contributed by atoms with Gasteiger partial charge in [-0.1, -0.05) is 20.3 Å². The van der Waals surface area contributed by atoms with E-state index >= 15 is 0 Å². The van der Waals surface area contributed by atoms with Crippen molar-refractivity contribution in [2.75, 3.05) is 0 Å². The number of hydrogen-bond donors (Lipinski definition) is 0. The second-order valence-corrected chi connectivity index (χ2v) is 4.88. The first-order valence-corrected chi connectivity index (χ1v) is 5.13. The third-order valence-corrected chi connectivity index (χ3v) is 3.72. The Labute approximate surface area is 78.7 Å². The maximum Gasteiger partial charge on any atom is 0.149 e. The third kappa shape index (κ3) is 1.15. The molecule has 2 fully saturated rings. The highest BCUT2D eigenvalue weighted by atomic mass is 16.2. The molecule has 13 heavy (non-hydrogen) atoms. The minimum absolute atomic E-state index is 0.105. The lowest BCUT2D eigenvalue weighted by molar-refractivity contribution is -0.150. The van der Waals surface area contributed by atoms with Gasteiger partial charge in [0.2, 0.25) is 0 Å². The minimum atomic E-state index is -0.248. The van der Waals surface area contributed by atoms with Crippen LogP contribution >= 0.6 is 0 Å². The summed E-state index contributed by atoms with van der Waals surface area (Å²) in [6.45, 7) is 4.00. The summed E-state index contributed by atoms with van der Waals surface area (Å²) in [5.41, 5.74) is -0.170. The molecule has 2 aliphatic rings. The van der Waals surface area contributed by atoms with Crippen LogP contribution in [0.5, 0.6) is 0 Å². The molecule has 1 unspecified atom stereocenters. The van der Waals surface area contributed by atoms with Gasteiger partial charge in [0.1, 0.15) is 11.6 Å². The molecule has 2 nitrogen and oxygen atoms in total. The maximum absolute atomic E-state index is 11.9. The summed E-state index contributed by atoms with van der Waals surface area (Å²) in [6.07, 6.45) is 3.62. The highest BCUT2D eigenvalue weighted by Gasteiger charge is 2.50. The van der Waals surface area contributed by atoms with Gasteiger partial charge in [0.15, 0.2) is 0 Å². The topological polar surface area (TPSA) is 34.1 Å². The van der Waals surface area contributed by atoms with E-state index in [9.17, 15) is 9.59 Å². The van der Waals surface area contributed by atoms with E-state index in [1.807, 2.05) is 13.8 Å². The van der Waals surface area contributed by atoms with Gasteiger partial charge in [0, 0.05) is 11.3 Å². The molecule has 0 aromatic rings. The van der Waals surface area contributed by atoms with Crippen molar-refractivity contribution in [2.45, 2.75) is 39.5 Å². The second-order valence-electron chi connectivity index (χ2n) is 4.88. The maximum atomic E-state index is 11.9. The van der Waals surface area contributed by atoms with Crippen LogP contribution in [-0.4, -0.2) is 11.6 Å². The third-order valence-electron chi connectivity index (χ3n) is 3.72. The zero-order valence-electron chi connectivity index (χ0n) is 8.30. The fourth-order valence-corrected chi connectivity index (χ4v) is 2.97. The van der Waals surface area contributed by atoms with Crippen LogP contribution in [0, 0.1) is 17.3 Å². The number of carbonyl (C=O) groups is 2. The summed E-state index contributed by atoms with van der Waals surface area (Å²) in [6, 6.07) is 0. The Morgan fingerprint density at radius 1 is 1.38 bits per heavy atom. The van der Waals surface area contributed by atoms with Crippen molar-refractivity contribution in [1.29, 1.82) is 0 Å². The summed E-state index contributed by atoms with van der Waals surface area (Å²) in [5.74, 6) is 0.277. The molecule has 0 heterocycles. The average molecular weight is 180 g/mol. The summed E-state index contributed by atoms with van der Waals surface area (Å²) in [4.78, 5) is 23.5. The molecule has 0 aliphatic heterocycles. The Kier molecular flexibility index (Phi) is 1.83. The van der Waals surface area contributed by atoms with Crippen LogP contribution in [0.15, 0.2) is 0 Å². The first-order valence-electron chi connectivity index (χ1n) is 5.13. The first-order chi connectivity index (χ1) is 6.04. The fraction of sp³-hybridized carbons (Fsp3) is 0.818. The smallest absolute Gasteiger partial charge is 0.149 e. The van der Waals surface area contributed by atoms with Crippen LogP contribution in [0.25, 0.3) is 0 Å². The molecule has 2 bridgehead atoms. The predicted octanol–water partition coefficient (Wildman–Crippen LogP) is 1.97. The second kappa shape index (κ2) is 2.66. The molecule has 2 saturated carbocycles. The van der Waals surface area contributed by atoms with Crippen LogP contribution in [0.1, 0.15) is 39.5 Å². The number of fused-ring (bicyclic) bond motifs is 2. The van der Waals surface area contributed by atoms with Crippen LogP contribution in [-0.2, 0) is 9.59 Å². The largest absolute Gasteiger partial charge is 0.299 e. The number of carbonyl (C=O) groups excluding carboxylic acids is 2. The van der Waals surface area contributed by atoms with E-state index in [0.29, 0.717) is 0 Å². The van der Waals surface area contributed by atoms with Gasteiger partial charge in [0.05, 0.1) is 5.92 Å². The summed E-state index contributed by atoms with van der Waals surface area (Å²) in [5, 5.41) is 0. The van der Waals surface area contributed by atoms with Gasteiger partial charge in [-0.2, -0.15) is 0 Å². The quantitative estimate of drug-likeness (QED) is 0.534. The van der Waals surface area contributed by atoms with E-state index in [4.69, 9.17) is 0 Å². The minimum Gasteiger partial charge on any atom is -0.299 e. The van der Waals surface area contributed by atoms with E-state index < -0.39 is 0 Å². The highest BCUT2D eigenvalue weighted by molar-refractivity contribution is 6.08. The van der Waals surface area contributed by atoms with Crippen LogP contribution in [0.4, 0.5) is 0 Å². The zero-order valence-corrected chi connectivity index (χ0v) is 8.30. The van der Waals surface area contributed by atoms with Crippen molar-refractivity contribution in [1.82, 2.24) is 0 Å². The molecule has 0 N–H and O–H groups in total.